The number of piperidine rings is 1. The molecule has 5 atom stereocenters. The summed E-state index contributed by atoms with van der Waals surface area (Å²) in [6.07, 6.45) is 13.3. The van der Waals surface area contributed by atoms with Crippen molar-refractivity contribution in [3.05, 3.63) is 53.0 Å². The maximum absolute atomic E-state index is 13.2. The van der Waals surface area contributed by atoms with E-state index in [4.69, 9.17) is 9.15 Å². The van der Waals surface area contributed by atoms with Gasteiger partial charge in [0, 0.05) is 41.7 Å². The molecular weight excluding hydrogens is 428 g/mol. The topological polar surface area (TPSA) is 66.1 Å². The molecule has 1 aromatic heterocycles. The average molecular weight is 461 g/mol. The molecule has 1 aromatic carbocycles. The molecule has 0 unspecified atom stereocenters. The van der Waals surface area contributed by atoms with Crippen molar-refractivity contribution in [3.63, 3.8) is 0 Å². The molecule has 3 heterocycles. The second-order valence-corrected chi connectivity index (χ2v) is 11.1. The molecule has 6 heteroatoms. The Labute approximate surface area is 200 Å². The largest absolute Gasteiger partial charge is 0.504 e. The van der Waals surface area contributed by atoms with Gasteiger partial charge >= 0.3 is 0 Å². The zero-order valence-corrected chi connectivity index (χ0v) is 19.9. The van der Waals surface area contributed by atoms with Gasteiger partial charge in [-0.25, -0.2) is 0 Å². The highest BCUT2D eigenvalue weighted by Gasteiger charge is 2.67. The molecule has 2 saturated carbocycles. The molecule has 178 valence electrons. The van der Waals surface area contributed by atoms with Crippen LogP contribution in [0.15, 0.2) is 35.2 Å². The molecule has 2 aliphatic heterocycles. The molecular formula is C28H32N2O4. The summed E-state index contributed by atoms with van der Waals surface area (Å²) in [6.45, 7) is 3.22. The smallest absolute Gasteiger partial charge is 0.246 e. The van der Waals surface area contributed by atoms with Gasteiger partial charge < -0.3 is 19.2 Å². The van der Waals surface area contributed by atoms with Gasteiger partial charge in [-0.1, -0.05) is 0 Å². The van der Waals surface area contributed by atoms with Crippen LogP contribution in [-0.4, -0.2) is 58.6 Å². The fourth-order valence-electron chi connectivity index (χ4n) is 7.89. The van der Waals surface area contributed by atoms with Gasteiger partial charge in [0.15, 0.2) is 11.5 Å². The number of carbonyl (C=O) groups excluding carboxylic acids is 1. The van der Waals surface area contributed by atoms with Gasteiger partial charge in [0.2, 0.25) is 5.91 Å². The van der Waals surface area contributed by atoms with Crippen molar-refractivity contribution < 1.29 is 19.1 Å². The minimum Gasteiger partial charge on any atom is -0.504 e. The first-order valence-electron chi connectivity index (χ1n) is 12.7. The fourth-order valence-corrected chi connectivity index (χ4v) is 7.89. The Hall–Kier alpha value is -2.73. The Balaban J connectivity index is 1.28. The fraction of sp³-hybridized carbons (Fsp3) is 0.536. The maximum atomic E-state index is 13.2. The number of likely N-dealkylation sites (N-methyl/N-ethyl adjacent to an activating group) is 1. The van der Waals surface area contributed by atoms with Gasteiger partial charge in [-0.15, -0.1) is 0 Å². The number of phenolic OH excluding ortho intramolecular Hbond substituents is 1. The van der Waals surface area contributed by atoms with Crippen molar-refractivity contribution in [1.82, 2.24) is 9.80 Å². The lowest BCUT2D eigenvalue weighted by Gasteiger charge is -2.60. The van der Waals surface area contributed by atoms with Crippen molar-refractivity contribution in [1.29, 1.82) is 0 Å². The lowest BCUT2D eigenvalue weighted by molar-refractivity contribution is -0.135. The average Bonchev–Trinajstić information content (AvgIpc) is 3.41. The summed E-state index contributed by atoms with van der Waals surface area (Å²) in [7, 11) is 1.90. The Bertz CT molecular complexity index is 1180. The second-order valence-electron chi connectivity index (χ2n) is 11.1. The number of hydrogen-bond acceptors (Lipinski definition) is 5. The number of aromatic hydroxyl groups is 1. The molecule has 0 radical (unpaired) electrons. The first-order chi connectivity index (χ1) is 16.5. The number of furan rings is 1. The molecule has 1 saturated heterocycles. The van der Waals surface area contributed by atoms with Crippen LogP contribution in [0.25, 0.3) is 6.08 Å². The predicted molar refractivity (Wildman–Crippen MR) is 128 cm³/mol. The van der Waals surface area contributed by atoms with Crippen molar-refractivity contribution >= 4 is 12.0 Å². The molecule has 6 nitrogen and oxygen atoms in total. The molecule has 3 fully saturated rings. The van der Waals surface area contributed by atoms with Crippen LogP contribution in [0, 0.1) is 12.8 Å². The Morgan fingerprint density at radius 2 is 2.15 bits per heavy atom. The highest BCUT2D eigenvalue weighted by Crippen LogP contribution is 2.65. The number of ether oxygens (including phenoxy) is 1. The van der Waals surface area contributed by atoms with E-state index in [0.717, 1.165) is 43.8 Å². The first kappa shape index (κ1) is 20.6. The van der Waals surface area contributed by atoms with Crippen LogP contribution in [0.5, 0.6) is 11.5 Å². The number of carbonyl (C=O) groups is 1. The number of nitrogens with zero attached hydrogens (tertiary/aromatic N) is 2. The molecule has 2 aromatic rings. The number of hydrogen-bond donors (Lipinski definition) is 1. The lowest BCUT2D eigenvalue weighted by Crippen LogP contribution is -2.69. The first-order valence-corrected chi connectivity index (χ1v) is 12.7. The van der Waals surface area contributed by atoms with Crippen molar-refractivity contribution in [2.24, 2.45) is 5.92 Å². The van der Waals surface area contributed by atoms with Gasteiger partial charge in [-0.3, -0.25) is 9.69 Å². The third-order valence-corrected chi connectivity index (χ3v) is 9.50. The lowest BCUT2D eigenvalue weighted by atomic mass is 9.50. The highest BCUT2D eigenvalue weighted by molar-refractivity contribution is 5.91. The summed E-state index contributed by atoms with van der Waals surface area (Å²) in [5.74, 6) is 1.44. The van der Waals surface area contributed by atoms with Crippen molar-refractivity contribution in [2.75, 3.05) is 13.6 Å². The Morgan fingerprint density at radius 3 is 2.91 bits per heavy atom. The number of rotatable bonds is 4. The van der Waals surface area contributed by atoms with Gasteiger partial charge in [0.25, 0.3) is 0 Å². The molecule has 1 amide bonds. The van der Waals surface area contributed by atoms with Crippen LogP contribution in [0.3, 0.4) is 0 Å². The van der Waals surface area contributed by atoms with Crippen LogP contribution in [0.2, 0.25) is 0 Å². The Kier molecular flexibility index (Phi) is 4.33. The number of aryl methyl sites for hydroxylation is 1. The van der Waals surface area contributed by atoms with E-state index in [9.17, 15) is 9.90 Å². The van der Waals surface area contributed by atoms with Crippen LogP contribution < -0.4 is 4.74 Å². The molecule has 2 bridgehead atoms. The summed E-state index contributed by atoms with van der Waals surface area (Å²) >= 11 is 0. The molecule has 5 aliphatic rings. The van der Waals surface area contributed by atoms with Gasteiger partial charge in [-0.2, -0.15) is 0 Å². The third kappa shape index (κ3) is 2.69. The minimum atomic E-state index is -0.117. The standard InChI is InChI=1S/C28H32N2O4/c1-16-13-23(31)26-25-19(16)14-22-20-6-7-21(29(2)24(32)8-3-17-9-12-33-15-17)27(34-26)28(20,25)10-11-30(22)18-4-5-18/h3,8-9,12-13,15,18,20-22,27,31H,4-7,10-11,14H2,1-2H3/b8-3+/t20-,21+,22+,27-,28-/m0/s1. The predicted octanol–water partition coefficient (Wildman–Crippen LogP) is 4.04. The zero-order valence-electron chi connectivity index (χ0n) is 19.9. The van der Waals surface area contributed by atoms with Crippen LogP contribution in [-0.2, 0) is 16.6 Å². The third-order valence-electron chi connectivity index (χ3n) is 9.50. The van der Waals surface area contributed by atoms with E-state index >= 15 is 0 Å². The number of phenols is 1. The van der Waals surface area contributed by atoms with E-state index in [0.29, 0.717) is 17.7 Å². The molecule has 3 aliphatic carbocycles. The van der Waals surface area contributed by atoms with E-state index in [2.05, 4.69) is 11.8 Å². The van der Waals surface area contributed by atoms with Crippen LogP contribution >= 0.6 is 0 Å². The molecule has 1 spiro atoms. The molecule has 34 heavy (non-hydrogen) atoms. The maximum Gasteiger partial charge on any atom is 0.246 e. The van der Waals surface area contributed by atoms with Gasteiger partial charge in [0.1, 0.15) is 6.10 Å². The van der Waals surface area contributed by atoms with Crippen molar-refractivity contribution in [2.45, 2.75) is 75.1 Å². The van der Waals surface area contributed by atoms with E-state index in [-0.39, 0.29) is 29.2 Å². The molecule has 7 rings (SSSR count). The van der Waals surface area contributed by atoms with Gasteiger partial charge in [-0.05, 0) is 87.2 Å². The van der Waals surface area contributed by atoms with Crippen molar-refractivity contribution in [3.8, 4) is 11.5 Å². The number of amides is 1. The van der Waals surface area contributed by atoms with Crippen LogP contribution in [0.1, 0.15) is 54.4 Å². The minimum absolute atomic E-state index is 0.0241. The second kappa shape index (κ2) is 7.14. The summed E-state index contributed by atoms with van der Waals surface area (Å²) in [4.78, 5) is 17.9. The Morgan fingerprint density at radius 1 is 1.29 bits per heavy atom. The van der Waals surface area contributed by atoms with E-state index in [1.165, 1.54) is 29.5 Å². The summed E-state index contributed by atoms with van der Waals surface area (Å²) in [6, 6.07) is 4.99. The summed E-state index contributed by atoms with van der Waals surface area (Å²) in [5.41, 5.74) is 4.59. The van der Waals surface area contributed by atoms with Gasteiger partial charge in [0.05, 0.1) is 18.6 Å². The summed E-state index contributed by atoms with van der Waals surface area (Å²) in [5, 5.41) is 10.9. The SMILES string of the molecule is Cc1cc(O)c2c3c1C[C@@H]1[C@@H]4CC[C@@H](N(C)C(=O)/C=C/c5ccoc5)[C@H](O2)[C@]34CCN1C1CC1. The monoisotopic (exact) mass is 460 g/mol. The quantitative estimate of drug-likeness (QED) is 0.698. The number of likely N-dealkylation sites (tertiary alicyclic amines) is 1. The normalized spacial score (nSPS) is 33.6. The van der Waals surface area contributed by atoms with E-state index in [1.54, 1.807) is 24.7 Å². The highest BCUT2D eigenvalue weighted by atomic mass is 16.5. The zero-order chi connectivity index (χ0) is 23.2. The number of benzene rings is 1. The van der Waals surface area contributed by atoms with Crippen LogP contribution in [0.4, 0.5) is 0 Å². The van der Waals surface area contributed by atoms with E-state index in [1.807, 2.05) is 24.1 Å². The molecule has 1 N–H and O–H groups in total. The summed E-state index contributed by atoms with van der Waals surface area (Å²) < 4.78 is 11.8. The van der Waals surface area contributed by atoms with E-state index < -0.39 is 0 Å².